The molecule has 0 spiro atoms. The fraction of sp³-hybridized carbons (Fsp3) is 0.812. The Balaban J connectivity index is 2.14. The highest BCUT2D eigenvalue weighted by Gasteiger charge is 2.23. The first kappa shape index (κ1) is 15.8. The smallest absolute Gasteiger partial charge is 0.185 e. The van der Waals surface area contributed by atoms with Crippen molar-refractivity contribution in [3.63, 3.8) is 0 Å². The summed E-state index contributed by atoms with van der Waals surface area (Å²) in [4.78, 5) is 8.90. The van der Waals surface area contributed by atoms with E-state index in [1.54, 1.807) is 0 Å². The minimum atomic E-state index is 0.514. The Morgan fingerprint density at radius 2 is 2.20 bits per heavy atom. The molecule has 0 aliphatic carbocycles. The first-order valence-corrected chi connectivity index (χ1v) is 8.92. The van der Waals surface area contributed by atoms with E-state index in [0.29, 0.717) is 5.92 Å². The molecule has 1 atom stereocenters. The SMILES string of the molecule is CCNCc1sc(N2CCCC(CC)C2)nc1C(C)C. The topological polar surface area (TPSA) is 28.2 Å². The van der Waals surface area contributed by atoms with Crippen LogP contribution in [0.15, 0.2) is 0 Å². The molecule has 1 aromatic rings. The highest BCUT2D eigenvalue weighted by atomic mass is 32.1. The van der Waals surface area contributed by atoms with Crippen LogP contribution in [0.3, 0.4) is 0 Å². The Labute approximate surface area is 127 Å². The average Bonchev–Trinajstić information content (AvgIpc) is 2.89. The Hall–Kier alpha value is -0.610. The number of nitrogens with zero attached hydrogens (tertiary/aromatic N) is 2. The number of hydrogen-bond donors (Lipinski definition) is 1. The molecule has 2 rings (SSSR count). The van der Waals surface area contributed by atoms with E-state index in [4.69, 9.17) is 4.98 Å². The standard InChI is InChI=1S/C16H29N3S/c1-5-13-8-7-9-19(11-13)16-18-15(12(3)4)14(20-16)10-17-6-2/h12-13,17H,5-11H2,1-4H3. The summed E-state index contributed by atoms with van der Waals surface area (Å²) in [5.74, 6) is 1.37. The molecule has 3 nitrogen and oxygen atoms in total. The van der Waals surface area contributed by atoms with E-state index in [1.807, 2.05) is 11.3 Å². The lowest BCUT2D eigenvalue weighted by Gasteiger charge is -2.32. The maximum atomic E-state index is 4.96. The van der Waals surface area contributed by atoms with Crippen molar-refractivity contribution >= 4 is 16.5 Å². The summed E-state index contributed by atoms with van der Waals surface area (Å²) in [6.45, 7) is 13.3. The molecule has 0 amide bonds. The summed E-state index contributed by atoms with van der Waals surface area (Å²) < 4.78 is 0. The monoisotopic (exact) mass is 295 g/mol. The van der Waals surface area contributed by atoms with Gasteiger partial charge in [-0.05, 0) is 31.2 Å². The number of piperidine rings is 1. The van der Waals surface area contributed by atoms with Crippen LogP contribution in [0.2, 0.25) is 0 Å². The van der Waals surface area contributed by atoms with Gasteiger partial charge in [0.2, 0.25) is 0 Å². The fourth-order valence-corrected chi connectivity index (χ4v) is 4.09. The highest BCUT2D eigenvalue weighted by Crippen LogP contribution is 2.33. The van der Waals surface area contributed by atoms with E-state index < -0.39 is 0 Å². The van der Waals surface area contributed by atoms with Crippen molar-refractivity contribution in [3.8, 4) is 0 Å². The molecule has 1 saturated heterocycles. The summed E-state index contributed by atoms with van der Waals surface area (Å²) in [6.07, 6.45) is 4.00. The van der Waals surface area contributed by atoms with Crippen LogP contribution >= 0.6 is 11.3 Å². The van der Waals surface area contributed by atoms with Crippen molar-refractivity contribution in [2.75, 3.05) is 24.5 Å². The second-order valence-corrected chi connectivity index (χ2v) is 7.16. The zero-order chi connectivity index (χ0) is 14.5. The highest BCUT2D eigenvalue weighted by molar-refractivity contribution is 7.15. The Morgan fingerprint density at radius 1 is 1.40 bits per heavy atom. The molecule has 1 aromatic heterocycles. The summed E-state index contributed by atoms with van der Waals surface area (Å²) >= 11 is 1.90. The summed E-state index contributed by atoms with van der Waals surface area (Å²) in [6, 6.07) is 0. The first-order valence-electron chi connectivity index (χ1n) is 8.10. The molecule has 1 aliphatic heterocycles. The molecular formula is C16H29N3S. The molecule has 1 N–H and O–H groups in total. The van der Waals surface area contributed by atoms with Crippen LogP contribution in [0.5, 0.6) is 0 Å². The number of anilines is 1. The van der Waals surface area contributed by atoms with E-state index in [2.05, 4.69) is 37.9 Å². The van der Waals surface area contributed by atoms with Crippen LogP contribution in [-0.2, 0) is 6.54 Å². The molecule has 1 fully saturated rings. The van der Waals surface area contributed by atoms with Crippen molar-refractivity contribution < 1.29 is 0 Å². The Bertz CT molecular complexity index is 414. The lowest BCUT2D eigenvalue weighted by Crippen LogP contribution is -2.35. The van der Waals surface area contributed by atoms with Crippen molar-refractivity contribution in [2.45, 2.75) is 59.4 Å². The van der Waals surface area contributed by atoms with Gasteiger partial charge in [-0.1, -0.05) is 34.1 Å². The van der Waals surface area contributed by atoms with Gasteiger partial charge in [0.05, 0.1) is 5.69 Å². The molecule has 1 unspecified atom stereocenters. The van der Waals surface area contributed by atoms with Crippen LogP contribution in [0.1, 0.15) is 63.4 Å². The van der Waals surface area contributed by atoms with Crippen LogP contribution in [-0.4, -0.2) is 24.6 Å². The lowest BCUT2D eigenvalue weighted by atomic mass is 9.96. The summed E-state index contributed by atoms with van der Waals surface area (Å²) in [7, 11) is 0. The van der Waals surface area contributed by atoms with Crippen LogP contribution < -0.4 is 10.2 Å². The fourth-order valence-electron chi connectivity index (χ4n) is 2.87. The molecule has 0 aromatic carbocycles. The molecule has 0 radical (unpaired) electrons. The predicted octanol–water partition coefficient (Wildman–Crippen LogP) is 4.00. The van der Waals surface area contributed by atoms with E-state index in [1.165, 1.54) is 48.1 Å². The first-order chi connectivity index (χ1) is 9.65. The van der Waals surface area contributed by atoms with Crippen LogP contribution in [0.25, 0.3) is 0 Å². The van der Waals surface area contributed by atoms with Crippen molar-refractivity contribution in [3.05, 3.63) is 10.6 Å². The van der Waals surface area contributed by atoms with Gasteiger partial charge in [-0.2, -0.15) is 0 Å². The maximum Gasteiger partial charge on any atom is 0.185 e. The van der Waals surface area contributed by atoms with Crippen LogP contribution in [0.4, 0.5) is 5.13 Å². The van der Waals surface area contributed by atoms with E-state index in [-0.39, 0.29) is 0 Å². The van der Waals surface area contributed by atoms with E-state index >= 15 is 0 Å². The molecule has 114 valence electrons. The predicted molar refractivity (Wildman–Crippen MR) is 88.8 cm³/mol. The van der Waals surface area contributed by atoms with E-state index in [9.17, 15) is 0 Å². The van der Waals surface area contributed by atoms with Gasteiger partial charge in [0.15, 0.2) is 5.13 Å². The Morgan fingerprint density at radius 3 is 2.85 bits per heavy atom. The van der Waals surface area contributed by atoms with Crippen molar-refractivity contribution in [1.29, 1.82) is 0 Å². The Kier molecular flexibility index (Phi) is 5.85. The quantitative estimate of drug-likeness (QED) is 0.859. The third-order valence-electron chi connectivity index (χ3n) is 4.17. The zero-order valence-corrected chi connectivity index (χ0v) is 14.2. The number of rotatable bonds is 6. The molecule has 2 heterocycles. The van der Waals surface area contributed by atoms with Gasteiger partial charge in [-0.15, -0.1) is 11.3 Å². The molecular weight excluding hydrogens is 266 g/mol. The molecule has 20 heavy (non-hydrogen) atoms. The summed E-state index contributed by atoms with van der Waals surface area (Å²) in [5, 5.41) is 4.70. The third kappa shape index (κ3) is 3.73. The second kappa shape index (κ2) is 7.41. The number of hydrogen-bond acceptors (Lipinski definition) is 4. The number of nitrogens with one attached hydrogen (secondary N) is 1. The van der Waals surface area contributed by atoms with Crippen molar-refractivity contribution in [1.82, 2.24) is 10.3 Å². The second-order valence-electron chi connectivity index (χ2n) is 6.10. The largest absolute Gasteiger partial charge is 0.348 e. The molecule has 4 heteroatoms. The van der Waals surface area contributed by atoms with Gasteiger partial charge in [0, 0.05) is 24.5 Å². The zero-order valence-electron chi connectivity index (χ0n) is 13.4. The van der Waals surface area contributed by atoms with Crippen LogP contribution in [0, 0.1) is 5.92 Å². The third-order valence-corrected chi connectivity index (χ3v) is 5.30. The van der Waals surface area contributed by atoms with E-state index in [0.717, 1.165) is 19.0 Å². The molecule has 0 saturated carbocycles. The average molecular weight is 295 g/mol. The number of thiazole rings is 1. The maximum absolute atomic E-state index is 4.96. The van der Waals surface area contributed by atoms with Gasteiger partial charge in [0.25, 0.3) is 0 Å². The van der Waals surface area contributed by atoms with Gasteiger partial charge < -0.3 is 10.2 Å². The summed E-state index contributed by atoms with van der Waals surface area (Å²) in [5.41, 5.74) is 1.30. The van der Waals surface area contributed by atoms with Gasteiger partial charge in [-0.25, -0.2) is 4.98 Å². The van der Waals surface area contributed by atoms with Gasteiger partial charge in [-0.3, -0.25) is 0 Å². The minimum absolute atomic E-state index is 0.514. The molecule has 0 bridgehead atoms. The lowest BCUT2D eigenvalue weighted by molar-refractivity contribution is 0.404. The minimum Gasteiger partial charge on any atom is -0.348 e. The number of aromatic nitrogens is 1. The van der Waals surface area contributed by atoms with Gasteiger partial charge >= 0.3 is 0 Å². The molecule has 1 aliphatic rings. The van der Waals surface area contributed by atoms with Gasteiger partial charge in [0.1, 0.15) is 0 Å². The normalized spacial score (nSPS) is 19.9. The van der Waals surface area contributed by atoms with Crippen molar-refractivity contribution in [2.24, 2.45) is 5.92 Å².